The quantitative estimate of drug-likeness (QED) is 0.782. The monoisotopic (exact) mass is 250 g/mol. The third-order valence-electron chi connectivity index (χ3n) is 2.36. The molecule has 0 amide bonds. The lowest BCUT2D eigenvalue weighted by Gasteiger charge is -2.07. The minimum atomic E-state index is -1.03. The number of halogens is 1. The molecule has 0 bridgehead atoms. The molecule has 0 unspecified atom stereocenters. The zero-order valence-corrected chi connectivity index (χ0v) is 9.66. The van der Waals surface area contributed by atoms with Gasteiger partial charge in [-0.2, -0.15) is 0 Å². The largest absolute Gasteiger partial charge is 0.478 e. The highest BCUT2D eigenvalue weighted by Gasteiger charge is 2.09. The van der Waals surface area contributed by atoms with Crippen LogP contribution in [0.1, 0.15) is 15.9 Å². The van der Waals surface area contributed by atoms with E-state index in [0.717, 1.165) is 11.3 Å². The smallest absolute Gasteiger partial charge is 0.337 e. The molecular formula is C12H11ClN2O2. The summed E-state index contributed by atoms with van der Waals surface area (Å²) in [5.41, 5.74) is 1.93. The molecule has 88 valence electrons. The van der Waals surface area contributed by atoms with Crippen molar-refractivity contribution in [2.75, 3.05) is 5.32 Å². The highest BCUT2D eigenvalue weighted by Crippen LogP contribution is 2.20. The van der Waals surface area contributed by atoms with E-state index in [1.165, 1.54) is 6.07 Å². The zero-order chi connectivity index (χ0) is 12.3. The lowest BCUT2D eigenvalue weighted by Crippen LogP contribution is -2.02. The standard InChI is InChI=1S/C12H11ClN2O2/c13-11-2-1-9(5-10(11)12(16)17)15-7-8-3-4-14-6-8/h1-6,14-15H,7H2,(H,16,17). The number of aromatic nitrogens is 1. The Morgan fingerprint density at radius 2 is 2.24 bits per heavy atom. The average Bonchev–Trinajstić information content (AvgIpc) is 2.80. The second-order valence-corrected chi connectivity index (χ2v) is 3.98. The lowest BCUT2D eigenvalue weighted by molar-refractivity contribution is 0.0697. The van der Waals surface area contributed by atoms with Gasteiger partial charge in [0.2, 0.25) is 0 Å². The highest BCUT2D eigenvalue weighted by molar-refractivity contribution is 6.33. The van der Waals surface area contributed by atoms with Crippen molar-refractivity contribution in [1.29, 1.82) is 0 Å². The van der Waals surface area contributed by atoms with E-state index in [2.05, 4.69) is 10.3 Å². The van der Waals surface area contributed by atoms with E-state index in [1.54, 1.807) is 12.1 Å². The highest BCUT2D eigenvalue weighted by atomic mass is 35.5. The third-order valence-corrected chi connectivity index (χ3v) is 2.69. The van der Waals surface area contributed by atoms with Gasteiger partial charge in [-0.3, -0.25) is 0 Å². The average molecular weight is 251 g/mol. The van der Waals surface area contributed by atoms with Gasteiger partial charge in [-0.25, -0.2) is 4.79 Å². The maximum Gasteiger partial charge on any atom is 0.337 e. The summed E-state index contributed by atoms with van der Waals surface area (Å²) < 4.78 is 0. The summed E-state index contributed by atoms with van der Waals surface area (Å²) in [4.78, 5) is 13.8. The molecule has 1 heterocycles. The Labute approximate surface area is 103 Å². The second kappa shape index (κ2) is 4.93. The first-order valence-corrected chi connectivity index (χ1v) is 5.43. The van der Waals surface area contributed by atoms with E-state index in [4.69, 9.17) is 16.7 Å². The first-order chi connectivity index (χ1) is 8.16. The van der Waals surface area contributed by atoms with Gasteiger partial charge >= 0.3 is 5.97 Å². The van der Waals surface area contributed by atoms with Crippen LogP contribution in [0.3, 0.4) is 0 Å². The van der Waals surface area contributed by atoms with E-state index < -0.39 is 5.97 Å². The summed E-state index contributed by atoms with van der Waals surface area (Å²) in [5.74, 6) is -1.03. The molecule has 0 aliphatic heterocycles. The normalized spacial score (nSPS) is 10.2. The van der Waals surface area contributed by atoms with Gasteiger partial charge in [0.15, 0.2) is 0 Å². The molecule has 3 N–H and O–H groups in total. The van der Waals surface area contributed by atoms with E-state index >= 15 is 0 Å². The molecular weight excluding hydrogens is 240 g/mol. The number of carboxylic acid groups (broad SMARTS) is 1. The Morgan fingerprint density at radius 1 is 1.41 bits per heavy atom. The van der Waals surface area contributed by atoms with Crippen LogP contribution in [0.25, 0.3) is 0 Å². The van der Waals surface area contributed by atoms with Crippen molar-refractivity contribution < 1.29 is 9.90 Å². The summed E-state index contributed by atoms with van der Waals surface area (Å²) in [5, 5.41) is 12.3. The maximum absolute atomic E-state index is 10.9. The van der Waals surface area contributed by atoms with Crippen molar-refractivity contribution >= 4 is 23.3 Å². The first-order valence-electron chi connectivity index (χ1n) is 5.05. The van der Waals surface area contributed by atoms with Gasteiger partial charge in [-0.15, -0.1) is 0 Å². The van der Waals surface area contributed by atoms with Crippen molar-refractivity contribution in [2.24, 2.45) is 0 Å². The van der Waals surface area contributed by atoms with Gasteiger partial charge < -0.3 is 15.4 Å². The first kappa shape index (κ1) is 11.5. The van der Waals surface area contributed by atoms with Gasteiger partial charge in [0, 0.05) is 24.6 Å². The summed E-state index contributed by atoms with van der Waals surface area (Å²) in [7, 11) is 0. The molecule has 0 aliphatic rings. The van der Waals surface area contributed by atoms with E-state index in [0.29, 0.717) is 6.54 Å². The van der Waals surface area contributed by atoms with E-state index in [1.807, 2.05) is 18.5 Å². The molecule has 5 heteroatoms. The topological polar surface area (TPSA) is 65.1 Å². The summed E-state index contributed by atoms with van der Waals surface area (Å²) in [6.07, 6.45) is 3.71. The Balaban J connectivity index is 2.11. The fourth-order valence-corrected chi connectivity index (χ4v) is 1.67. The van der Waals surface area contributed by atoms with E-state index in [-0.39, 0.29) is 10.6 Å². The molecule has 0 saturated carbocycles. The van der Waals surface area contributed by atoms with Crippen LogP contribution in [0.15, 0.2) is 36.7 Å². The van der Waals surface area contributed by atoms with Gasteiger partial charge in [-0.1, -0.05) is 11.6 Å². The number of hydrogen-bond acceptors (Lipinski definition) is 2. The van der Waals surface area contributed by atoms with Gasteiger partial charge in [0.1, 0.15) is 0 Å². The Kier molecular flexibility index (Phi) is 3.35. The molecule has 0 radical (unpaired) electrons. The predicted octanol–water partition coefficient (Wildman–Crippen LogP) is 2.98. The zero-order valence-electron chi connectivity index (χ0n) is 8.90. The SMILES string of the molecule is O=C(O)c1cc(NCc2cc[nH]c2)ccc1Cl. The molecule has 17 heavy (non-hydrogen) atoms. The number of hydrogen-bond donors (Lipinski definition) is 3. The molecule has 0 fully saturated rings. The second-order valence-electron chi connectivity index (χ2n) is 3.57. The van der Waals surface area contributed by atoms with Crippen molar-refractivity contribution in [3.63, 3.8) is 0 Å². The molecule has 0 aliphatic carbocycles. The molecule has 0 atom stereocenters. The third kappa shape index (κ3) is 2.79. The number of benzene rings is 1. The molecule has 1 aromatic carbocycles. The van der Waals surface area contributed by atoms with E-state index in [9.17, 15) is 4.79 Å². The fourth-order valence-electron chi connectivity index (χ4n) is 1.47. The predicted molar refractivity (Wildman–Crippen MR) is 66.5 cm³/mol. The summed E-state index contributed by atoms with van der Waals surface area (Å²) >= 11 is 5.78. The van der Waals surface area contributed by atoms with Gasteiger partial charge in [-0.05, 0) is 29.8 Å². The van der Waals surface area contributed by atoms with Crippen LogP contribution >= 0.6 is 11.6 Å². The number of anilines is 1. The molecule has 0 saturated heterocycles. The Morgan fingerprint density at radius 3 is 2.88 bits per heavy atom. The van der Waals surface area contributed by atoms with Gasteiger partial charge in [0.05, 0.1) is 10.6 Å². The van der Waals surface area contributed by atoms with Crippen LogP contribution in [0.2, 0.25) is 5.02 Å². The van der Waals surface area contributed by atoms with Crippen molar-refractivity contribution in [2.45, 2.75) is 6.54 Å². The molecule has 2 aromatic rings. The van der Waals surface area contributed by atoms with Crippen LogP contribution in [0.5, 0.6) is 0 Å². The Hall–Kier alpha value is -1.94. The fraction of sp³-hybridized carbons (Fsp3) is 0.0833. The number of aromatic carboxylic acids is 1. The molecule has 4 nitrogen and oxygen atoms in total. The van der Waals surface area contributed by atoms with Crippen molar-refractivity contribution in [3.05, 3.63) is 52.8 Å². The molecule has 1 aromatic heterocycles. The van der Waals surface area contributed by atoms with Crippen molar-refractivity contribution in [3.8, 4) is 0 Å². The van der Waals surface area contributed by atoms with Crippen molar-refractivity contribution in [1.82, 2.24) is 4.98 Å². The number of carbonyl (C=O) groups is 1. The maximum atomic E-state index is 10.9. The van der Waals surface area contributed by atoms with Crippen LogP contribution in [0.4, 0.5) is 5.69 Å². The number of carboxylic acids is 1. The lowest BCUT2D eigenvalue weighted by atomic mass is 10.2. The number of nitrogens with one attached hydrogen (secondary N) is 2. The van der Waals surface area contributed by atoms with Crippen LogP contribution in [-0.4, -0.2) is 16.1 Å². The summed E-state index contributed by atoms with van der Waals surface area (Å²) in [6.45, 7) is 0.629. The number of H-pyrrole nitrogens is 1. The van der Waals surface area contributed by atoms with Crippen LogP contribution in [-0.2, 0) is 6.54 Å². The minimum absolute atomic E-state index is 0.103. The van der Waals surface area contributed by atoms with Crippen LogP contribution in [0, 0.1) is 0 Å². The Bertz CT molecular complexity index is 523. The van der Waals surface area contributed by atoms with Gasteiger partial charge in [0.25, 0.3) is 0 Å². The number of aromatic amines is 1. The van der Waals surface area contributed by atoms with Crippen LogP contribution < -0.4 is 5.32 Å². The minimum Gasteiger partial charge on any atom is -0.478 e. The summed E-state index contributed by atoms with van der Waals surface area (Å²) in [6, 6.07) is 6.80. The number of rotatable bonds is 4. The molecule has 0 spiro atoms. The molecule has 2 rings (SSSR count).